The van der Waals surface area contributed by atoms with Gasteiger partial charge in [0.1, 0.15) is 36.0 Å². The average Bonchev–Trinajstić information content (AvgIpc) is 3.48. The first-order chi connectivity index (χ1) is 16.5. The number of nitrogens with one attached hydrogen (secondary N) is 1. The summed E-state index contributed by atoms with van der Waals surface area (Å²) in [6, 6.07) is 13.8. The Morgan fingerprint density at radius 2 is 1.68 bits per heavy atom. The van der Waals surface area contributed by atoms with Gasteiger partial charge < -0.3 is 24.4 Å². The normalized spacial score (nSPS) is 19.2. The molecular formula is C25H18F2N2O5. The van der Waals surface area contributed by atoms with E-state index in [-0.39, 0.29) is 38.0 Å². The minimum Gasteiger partial charge on any atom is -0.491 e. The van der Waals surface area contributed by atoms with E-state index in [0.29, 0.717) is 28.5 Å². The molecule has 0 saturated heterocycles. The monoisotopic (exact) mass is 464 g/mol. The molecule has 7 nitrogen and oxygen atoms in total. The highest BCUT2D eigenvalue weighted by atomic mass is 19.1. The maximum Gasteiger partial charge on any atom is 0.246 e. The van der Waals surface area contributed by atoms with E-state index >= 15 is 0 Å². The average molecular weight is 464 g/mol. The topological polar surface area (TPSA) is 77.1 Å². The van der Waals surface area contributed by atoms with Gasteiger partial charge in [0.05, 0.1) is 0 Å². The summed E-state index contributed by atoms with van der Waals surface area (Å²) in [6.07, 6.45) is 0. The molecule has 0 aliphatic carbocycles. The molecule has 6 rings (SSSR count). The van der Waals surface area contributed by atoms with Crippen LogP contribution in [0.2, 0.25) is 0 Å². The summed E-state index contributed by atoms with van der Waals surface area (Å²) in [7, 11) is 0. The first kappa shape index (κ1) is 20.5. The molecule has 3 heterocycles. The molecule has 9 heteroatoms. The van der Waals surface area contributed by atoms with E-state index in [1.165, 1.54) is 4.90 Å². The van der Waals surface area contributed by atoms with Crippen LogP contribution < -0.4 is 24.4 Å². The lowest BCUT2D eigenvalue weighted by Gasteiger charge is -2.23. The fourth-order valence-electron chi connectivity index (χ4n) is 4.83. The van der Waals surface area contributed by atoms with Crippen LogP contribution in [0.25, 0.3) is 0 Å². The highest BCUT2D eigenvalue weighted by Crippen LogP contribution is 2.54. The van der Waals surface area contributed by atoms with Crippen LogP contribution in [-0.2, 0) is 21.5 Å². The fraction of sp³-hybridized carbons (Fsp3) is 0.200. The Morgan fingerprint density at radius 1 is 0.941 bits per heavy atom. The fourth-order valence-corrected chi connectivity index (χ4v) is 4.83. The van der Waals surface area contributed by atoms with Crippen LogP contribution in [0.3, 0.4) is 0 Å². The molecule has 1 unspecified atom stereocenters. The molecule has 1 N–H and O–H groups in total. The van der Waals surface area contributed by atoms with Gasteiger partial charge in [0.15, 0.2) is 11.5 Å². The molecule has 1 spiro atoms. The first-order valence-electron chi connectivity index (χ1n) is 10.7. The standard InChI is InChI=1S/C25H18F2N2O5/c26-15-5-14(6-16(27)7-15)10-28-23(30)11-29-19-4-2-1-3-17(19)25(24(29)31)12-32-20-9-22-21(8-18(20)25)33-13-34-22/h1-9H,10-13H2,(H,28,30). The van der Waals surface area contributed by atoms with Crippen LogP contribution in [-0.4, -0.2) is 31.8 Å². The van der Waals surface area contributed by atoms with Crippen LogP contribution in [0.15, 0.2) is 54.6 Å². The van der Waals surface area contributed by atoms with Crippen molar-refractivity contribution in [3.8, 4) is 17.2 Å². The lowest BCUT2D eigenvalue weighted by molar-refractivity contribution is -0.125. The van der Waals surface area contributed by atoms with Crippen molar-refractivity contribution in [2.45, 2.75) is 12.0 Å². The van der Waals surface area contributed by atoms with Gasteiger partial charge in [-0.15, -0.1) is 0 Å². The number of nitrogens with zero attached hydrogens (tertiary/aromatic N) is 1. The highest BCUT2D eigenvalue weighted by Gasteiger charge is 2.57. The van der Waals surface area contributed by atoms with Gasteiger partial charge in [-0.2, -0.15) is 0 Å². The third-order valence-corrected chi connectivity index (χ3v) is 6.36. The third kappa shape index (κ3) is 3.00. The predicted molar refractivity (Wildman–Crippen MR) is 116 cm³/mol. The number of ether oxygens (including phenoxy) is 3. The second kappa shape index (κ2) is 7.44. The van der Waals surface area contributed by atoms with E-state index in [1.807, 2.05) is 12.1 Å². The molecule has 0 aromatic heterocycles. The van der Waals surface area contributed by atoms with Gasteiger partial charge in [-0.3, -0.25) is 9.59 Å². The number of carbonyl (C=O) groups is 2. The Kier molecular flexibility index (Phi) is 4.48. The van der Waals surface area contributed by atoms with Crippen LogP contribution in [0, 0.1) is 11.6 Å². The summed E-state index contributed by atoms with van der Waals surface area (Å²) >= 11 is 0. The maximum atomic E-state index is 13.8. The summed E-state index contributed by atoms with van der Waals surface area (Å²) in [4.78, 5) is 28.0. The number of anilines is 1. The third-order valence-electron chi connectivity index (χ3n) is 6.36. The van der Waals surface area contributed by atoms with Gasteiger partial charge in [0, 0.05) is 29.9 Å². The summed E-state index contributed by atoms with van der Waals surface area (Å²) in [5.41, 5.74) is 1.17. The lowest BCUT2D eigenvalue weighted by Crippen LogP contribution is -2.46. The molecule has 1 atom stereocenters. The molecule has 2 amide bonds. The first-order valence-corrected chi connectivity index (χ1v) is 10.7. The molecule has 0 radical (unpaired) electrons. The molecule has 0 bridgehead atoms. The zero-order valence-electron chi connectivity index (χ0n) is 17.8. The second-order valence-corrected chi connectivity index (χ2v) is 8.36. The van der Waals surface area contributed by atoms with E-state index in [4.69, 9.17) is 14.2 Å². The van der Waals surface area contributed by atoms with Gasteiger partial charge in [-0.25, -0.2) is 8.78 Å². The Labute approximate surface area is 192 Å². The Balaban J connectivity index is 1.29. The van der Waals surface area contributed by atoms with Crippen LogP contribution in [0.4, 0.5) is 14.5 Å². The summed E-state index contributed by atoms with van der Waals surface area (Å²) in [5, 5.41) is 2.63. The summed E-state index contributed by atoms with van der Waals surface area (Å²) in [5.74, 6) is -0.585. The van der Waals surface area contributed by atoms with Crippen molar-refractivity contribution in [2.75, 3.05) is 24.8 Å². The molecule has 0 fully saturated rings. The maximum absolute atomic E-state index is 13.8. The zero-order chi connectivity index (χ0) is 23.4. The SMILES string of the molecule is O=C(CN1C(=O)C2(COc3cc4c(cc32)OCO4)c2ccccc21)NCc1cc(F)cc(F)c1. The smallest absolute Gasteiger partial charge is 0.246 e. The number of benzene rings is 3. The second-order valence-electron chi connectivity index (χ2n) is 8.36. The van der Waals surface area contributed by atoms with Gasteiger partial charge >= 0.3 is 0 Å². The van der Waals surface area contributed by atoms with E-state index < -0.39 is 23.0 Å². The van der Waals surface area contributed by atoms with E-state index in [0.717, 1.165) is 23.8 Å². The van der Waals surface area contributed by atoms with Crippen molar-refractivity contribution in [1.29, 1.82) is 0 Å². The van der Waals surface area contributed by atoms with Crippen molar-refractivity contribution in [3.63, 3.8) is 0 Å². The molecule has 172 valence electrons. The van der Waals surface area contributed by atoms with Gasteiger partial charge in [-0.05, 0) is 35.4 Å². The number of hydrogen-bond donors (Lipinski definition) is 1. The highest BCUT2D eigenvalue weighted by molar-refractivity contribution is 6.13. The number of halogens is 2. The molecule has 3 aromatic carbocycles. The molecule has 3 aromatic rings. The van der Waals surface area contributed by atoms with Crippen LogP contribution >= 0.6 is 0 Å². The number of rotatable bonds is 4. The van der Waals surface area contributed by atoms with Crippen molar-refractivity contribution < 1.29 is 32.6 Å². The number of fused-ring (bicyclic) bond motifs is 5. The minimum atomic E-state index is -1.11. The summed E-state index contributed by atoms with van der Waals surface area (Å²) < 4.78 is 43.7. The molecule has 3 aliphatic rings. The van der Waals surface area contributed by atoms with Gasteiger partial charge in [0.25, 0.3) is 0 Å². The molecule has 0 saturated carbocycles. The van der Waals surface area contributed by atoms with Crippen LogP contribution in [0.5, 0.6) is 17.2 Å². The number of para-hydroxylation sites is 1. The van der Waals surface area contributed by atoms with Crippen molar-refractivity contribution in [3.05, 3.63) is 82.9 Å². The van der Waals surface area contributed by atoms with Gasteiger partial charge in [0.2, 0.25) is 18.6 Å². The number of carbonyl (C=O) groups excluding carboxylic acids is 2. The van der Waals surface area contributed by atoms with Crippen LogP contribution in [0.1, 0.15) is 16.7 Å². The van der Waals surface area contributed by atoms with E-state index in [9.17, 15) is 18.4 Å². The molecule has 3 aliphatic heterocycles. The summed E-state index contributed by atoms with van der Waals surface area (Å²) in [6.45, 7) is -0.147. The number of hydrogen-bond acceptors (Lipinski definition) is 5. The van der Waals surface area contributed by atoms with Crippen molar-refractivity contribution in [1.82, 2.24) is 5.32 Å². The predicted octanol–water partition coefficient (Wildman–Crippen LogP) is 3.04. The number of amides is 2. The molecular weight excluding hydrogens is 446 g/mol. The minimum absolute atomic E-state index is 0.0717. The Hall–Kier alpha value is -4.14. The van der Waals surface area contributed by atoms with Crippen molar-refractivity contribution in [2.24, 2.45) is 0 Å². The molecule has 34 heavy (non-hydrogen) atoms. The quantitative estimate of drug-likeness (QED) is 0.643. The lowest BCUT2D eigenvalue weighted by atomic mass is 9.77. The van der Waals surface area contributed by atoms with E-state index in [2.05, 4.69) is 5.32 Å². The zero-order valence-corrected chi connectivity index (χ0v) is 17.8. The van der Waals surface area contributed by atoms with Gasteiger partial charge in [-0.1, -0.05) is 18.2 Å². The van der Waals surface area contributed by atoms with E-state index in [1.54, 1.807) is 24.3 Å². The Morgan fingerprint density at radius 3 is 2.47 bits per heavy atom. The Bertz CT molecular complexity index is 1340. The van der Waals surface area contributed by atoms with Crippen molar-refractivity contribution >= 4 is 17.5 Å². The largest absolute Gasteiger partial charge is 0.491 e.